The number of nitrogens with one attached hydrogen (secondary N) is 1. The zero-order valence-electron chi connectivity index (χ0n) is 12.0. The van der Waals surface area contributed by atoms with E-state index >= 15 is 0 Å². The smallest absolute Gasteiger partial charge is 0.252 e. The second kappa shape index (κ2) is 7.00. The molecular weight excluding hydrogens is 296 g/mol. The summed E-state index contributed by atoms with van der Waals surface area (Å²) in [4.78, 5) is 1.09. The Morgan fingerprint density at radius 3 is 2.95 bits per heavy atom. The Kier molecular flexibility index (Phi) is 5.57. The van der Waals surface area contributed by atoms with Gasteiger partial charge in [0.2, 0.25) is 0 Å². The normalized spacial score (nSPS) is 19.9. The zero-order valence-corrected chi connectivity index (χ0v) is 13.6. The number of rotatable bonds is 7. The standard InChI is InChI=1S/C13H22N2O3S2/c1-14-8-7-12-5-6-13(19-12)20(16,17)15(2)10-11-4-3-9-18-11/h5-6,11,14H,3-4,7-10H2,1-2H3. The number of thiophene rings is 1. The largest absolute Gasteiger partial charge is 0.377 e. The maximum atomic E-state index is 12.5. The van der Waals surface area contributed by atoms with Gasteiger partial charge in [-0.2, -0.15) is 4.31 Å². The van der Waals surface area contributed by atoms with Crippen LogP contribution in [0.3, 0.4) is 0 Å². The van der Waals surface area contributed by atoms with Crippen molar-refractivity contribution < 1.29 is 13.2 Å². The first-order chi connectivity index (χ1) is 9.54. The number of ether oxygens (including phenoxy) is 1. The molecule has 1 saturated heterocycles. The second-order valence-electron chi connectivity index (χ2n) is 4.99. The Hall–Kier alpha value is -0.470. The summed E-state index contributed by atoms with van der Waals surface area (Å²) in [6.07, 6.45) is 2.86. The van der Waals surface area contributed by atoms with Gasteiger partial charge in [-0.3, -0.25) is 0 Å². The van der Waals surface area contributed by atoms with E-state index in [0.29, 0.717) is 10.8 Å². The minimum Gasteiger partial charge on any atom is -0.377 e. The van der Waals surface area contributed by atoms with Gasteiger partial charge in [-0.05, 0) is 45.0 Å². The van der Waals surface area contributed by atoms with Crippen LogP contribution in [0.5, 0.6) is 0 Å². The lowest BCUT2D eigenvalue weighted by Crippen LogP contribution is -2.33. The fourth-order valence-corrected chi connectivity index (χ4v) is 4.97. The van der Waals surface area contributed by atoms with Crippen LogP contribution in [0.4, 0.5) is 0 Å². The molecule has 1 N–H and O–H groups in total. The highest BCUT2D eigenvalue weighted by Crippen LogP contribution is 2.25. The van der Waals surface area contributed by atoms with Crippen molar-refractivity contribution >= 4 is 21.4 Å². The molecule has 0 radical (unpaired) electrons. The average Bonchev–Trinajstić information content (AvgIpc) is 3.07. The first-order valence-corrected chi connectivity index (χ1v) is 9.11. The van der Waals surface area contributed by atoms with Gasteiger partial charge < -0.3 is 10.1 Å². The van der Waals surface area contributed by atoms with Crippen LogP contribution in [0.2, 0.25) is 0 Å². The van der Waals surface area contributed by atoms with Crippen molar-refractivity contribution in [3.8, 4) is 0 Å². The van der Waals surface area contributed by atoms with Crippen molar-refractivity contribution in [2.24, 2.45) is 0 Å². The molecule has 0 aliphatic carbocycles. The predicted molar refractivity (Wildman–Crippen MR) is 80.7 cm³/mol. The van der Waals surface area contributed by atoms with Crippen LogP contribution < -0.4 is 5.32 Å². The van der Waals surface area contributed by atoms with E-state index < -0.39 is 10.0 Å². The van der Waals surface area contributed by atoms with E-state index in [9.17, 15) is 8.42 Å². The Balaban J connectivity index is 2.02. The van der Waals surface area contributed by atoms with Gasteiger partial charge in [0.25, 0.3) is 10.0 Å². The van der Waals surface area contributed by atoms with Gasteiger partial charge in [-0.1, -0.05) is 0 Å². The lowest BCUT2D eigenvalue weighted by Gasteiger charge is -2.19. The molecule has 0 saturated carbocycles. The summed E-state index contributed by atoms with van der Waals surface area (Å²) in [5.41, 5.74) is 0. The van der Waals surface area contributed by atoms with Crippen molar-refractivity contribution in [2.45, 2.75) is 29.6 Å². The Morgan fingerprint density at radius 2 is 2.30 bits per heavy atom. The van der Waals surface area contributed by atoms with E-state index in [0.717, 1.165) is 37.3 Å². The van der Waals surface area contributed by atoms with Crippen LogP contribution in [0.1, 0.15) is 17.7 Å². The molecule has 1 aromatic heterocycles. The van der Waals surface area contributed by atoms with Gasteiger partial charge in [-0.15, -0.1) is 11.3 Å². The minimum atomic E-state index is -3.38. The number of nitrogens with zero attached hydrogens (tertiary/aromatic N) is 1. The molecule has 20 heavy (non-hydrogen) atoms. The van der Waals surface area contributed by atoms with Crippen molar-refractivity contribution in [1.29, 1.82) is 0 Å². The number of hydrogen-bond acceptors (Lipinski definition) is 5. The molecule has 1 unspecified atom stereocenters. The van der Waals surface area contributed by atoms with Gasteiger partial charge in [0.1, 0.15) is 4.21 Å². The van der Waals surface area contributed by atoms with E-state index in [1.54, 1.807) is 13.1 Å². The van der Waals surface area contributed by atoms with Crippen molar-refractivity contribution in [3.05, 3.63) is 17.0 Å². The van der Waals surface area contributed by atoms with Crippen molar-refractivity contribution in [2.75, 3.05) is 33.8 Å². The van der Waals surface area contributed by atoms with E-state index in [-0.39, 0.29) is 6.10 Å². The SMILES string of the molecule is CNCCc1ccc(S(=O)(=O)N(C)CC2CCCO2)s1. The third kappa shape index (κ3) is 3.79. The van der Waals surface area contributed by atoms with Crippen LogP contribution >= 0.6 is 11.3 Å². The maximum absolute atomic E-state index is 12.5. The summed E-state index contributed by atoms with van der Waals surface area (Å²) < 4.78 is 32.3. The summed E-state index contributed by atoms with van der Waals surface area (Å²) >= 11 is 1.36. The van der Waals surface area contributed by atoms with Gasteiger partial charge in [-0.25, -0.2) is 8.42 Å². The average molecular weight is 318 g/mol. The Labute approximate surface area is 125 Å². The molecule has 0 aromatic carbocycles. The minimum absolute atomic E-state index is 0.0403. The van der Waals surface area contributed by atoms with Crippen molar-refractivity contribution in [1.82, 2.24) is 9.62 Å². The van der Waals surface area contributed by atoms with Crippen LogP contribution in [0.25, 0.3) is 0 Å². The highest BCUT2D eigenvalue weighted by molar-refractivity contribution is 7.91. The van der Waals surface area contributed by atoms with E-state index in [2.05, 4.69) is 5.32 Å². The number of hydrogen-bond donors (Lipinski definition) is 1. The fourth-order valence-electron chi connectivity index (χ4n) is 2.21. The van der Waals surface area contributed by atoms with Crippen LogP contribution in [0, 0.1) is 0 Å². The summed E-state index contributed by atoms with van der Waals surface area (Å²) in [6, 6.07) is 3.60. The topological polar surface area (TPSA) is 58.6 Å². The molecule has 1 fully saturated rings. The van der Waals surface area contributed by atoms with Gasteiger partial charge in [0.05, 0.1) is 6.10 Å². The van der Waals surface area contributed by atoms with Crippen LogP contribution in [-0.4, -0.2) is 52.6 Å². The molecule has 2 heterocycles. The molecule has 0 bridgehead atoms. The number of likely N-dealkylation sites (N-methyl/N-ethyl adjacent to an activating group) is 2. The molecule has 0 spiro atoms. The maximum Gasteiger partial charge on any atom is 0.252 e. The quantitative estimate of drug-likeness (QED) is 0.823. The van der Waals surface area contributed by atoms with Gasteiger partial charge in [0, 0.05) is 25.1 Å². The first-order valence-electron chi connectivity index (χ1n) is 6.85. The molecule has 5 nitrogen and oxygen atoms in total. The lowest BCUT2D eigenvalue weighted by molar-refractivity contribution is 0.0979. The first kappa shape index (κ1) is 15.9. The third-order valence-electron chi connectivity index (χ3n) is 3.41. The van der Waals surface area contributed by atoms with E-state index in [1.165, 1.54) is 15.6 Å². The van der Waals surface area contributed by atoms with E-state index in [4.69, 9.17) is 4.74 Å². The van der Waals surface area contributed by atoms with Gasteiger partial charge in [0.15, 0.2) is 0 Å². The highest BCUT2D eigenvalue weighted by atomic mass is 32.2. The predicted octanol–water partition coefficient (Wildman–Crippen LogP) is 1.31. The summed E-state index contributed by atoms with van der Waals surface area (Å²) in [5.74, 6) is 0. The molecule has 2 rings (SSSR count). The third-order valence-corrected chi connectivity index (χ3v) is 6.84. The highest BCUT2D eigenvalue weighted by Gasteiger charge is 2.27. The summed E-state index contributed by atoms with van der Waals surface area (Å²) in [5, 5.41) is 3.07. The second-order valence-corrected chi connectivity index (χ2v) is 8.43. The monoisotopic (exact) mass is 318 g/mol. The molecule has 1 aliphatic rings. The molecule has 114 valence electrons. The summed E-state index contributed by atoms with van der Waals surface area (Å²) in [7, 11) is 0.139. The van der Waals surface area contributed by atoms with Gasteiger partial charge >= 0.3 is 0 Å². The Morgan fingerprint density at radius 1 is 1.50 bits per heavy atom. The summed E-state index contributed by atoms with van der Waals surface area (Å²) in [6.45, 7) is 2.03. The molecule has 7 heteroatoms. The van der Waals surface area contributed by atoms with Crippen molar-refractivity contribution in [3.63, 3.8) is 0 Å². The zero-order chi connectivity index (χ0) is 14.6. The molecule has 1 atom stereocenters. The number of sulfonamides is 1. The van der Waals surface area contributed by atoms with Crippen LogP contribution in [0.15, 0.2) is 16.3 Å². The Bertz CT molecular complexity index is 521. The van der Waals surface area contributed by atoms with E-state index in [1.807, 2.05) is 13.1 Å². The van der Waals surface area contributed by atoms with Crippen LogP contribution in [-0.2, 0) is 21.2 Å². The molecule has 0 amide bonds. The molecular formula is C13H22N2O3S2. The fraction of sp³-hybridized carbons (Fsp3) is 0.692. The molecule has 1 aliphatic heterocycles. The molecule has 1 aromatic rings. The lowest BCUT2D eigenvalue weighted by atomic mass is 10.2.